The van der Waals surface area contributed by atoms with Gasteiger partial charge in [0, 0.05) is 11.8 Å². The number of aliphatic hydroxyl groups is 1. The van der Waals surface area contributed by atoms with Crippen molar-refractivity contribution in [2.24, 2.45) is 4.40 Å². The molecule has 1 aliphatic carbocycles. The number of hydrogen-bond acceptors (Lipinski definition) is 10. The number of Topliss-reactive ketones (excluding diaryl/α,β-unsaturated/α-hetero) is 1. The molecule has 0 fully saturated rings. The Labute approximate surface area is 303 Å². The highest BCUT2D eigenvalue weighted by Gasteiger charge is 2.48. The van der Waals surface area contributed by atoms with Crippen LogP contribution in [0, 0.1) is 0 Å². The van der Waals surface area contributed by atoms with Crippen molar-refractivity contribution in [3.05, 3.63) is 106 Å². The fourth-order valence-corrected chi connectivity index (χ4v) is 8.87. The number of aliphatic hydroxyl groups excluding tert-OH is 1. The van der Waals surface area contributed by atoms with Crippen molar-refractivity contribution in [1.29, 1.82) is 0 Å². The van der Waals surface area contributed by atoms with Crippen molar-refractivity contribution in [3.63, 3.8) is 0 Å². The number of ether oxygens (including phenoxy) is 1. The summed E-state index contributed by atoms with van der Waals surface area (Å²) in [5, 5.41) is 14.0. The molecule has 274 valence electrons. The summed E-state index contributed by atoms with van der Waals surface area (Å²) in [4.78, 5) is 17.5. The minimum absolute atomic E-state index is 0.0401. The highest BCUT2D eigenvalue weighted by atomic mass is 35.5. The Morgan fingerprint density at radius 1 is 1.00 bits per heavy atom. The summed E-state index contributed by atoms with van der Waals surface area (Å²) < 4.78 is 99.7. The maximum Gasteiger partial charge on any atom is 0.417 e. The van der Waals surface area contributed by atoms with Gasteiger partial charge in [-0.25, -0.2) is 13.4 Å². The van der Waals surface area contributed by atoms with Gasteiger partial charge in [-0.2, -0.15) is 13.2 Å². The molecule has 0 atom stereocenters. The van der Waals surface area contributed by atoms with Gasteiger partial charge in [0.1, 0.15) is 27.0 Å². The third-order valence-electron chi connectivity index (χ3n) is 8.67. The predicted octanol–water partition coefficient (Wildman–Crippen LogP) is 9.59. The second-order valence-electron chi connectivity index (χ2n) is 12.2. The number of carbonyl (C=O) groups excluding carboxylic acids is 1. The summed E-state index contributed by atoms with van der Waals surface area (Å²) in [6, 6.07) is 16.5. The number of hydrogen-bond donors (Lipinski definition) is 5. The van der Waals surface area contributed by atoms with Gasteiger partial charge in [0.25, 0.3) is 10.0 Å². The fraction of sp³-hybridized carbons (Fsp3) is 0.229. The molecule has 0 bridgehead atoms. The van der Waals surface area contributed by atoms with Gasteiger partial charge in [0.2, 0.25) is 5.88 Å². The number of benzene rings is 3. The normalized spacial score (nSPS) is 17.0. The molecule has 17 heteroatoms. The number of halogens is 4. The fourth-order valence-electron chi connectivity index (χ4n) is 6.42. The van der Waals surface area contributed by atoms with Crippen LogP contribution in [0.5, 0.6) is 11.6 Å². The molecule has 0 spiro atoms. The summed E-state index contributed by atoms with van der Waals surface area (Å²) in [5.41, 5.74) is -0.952. The van der Waals surface area contributed by atoms with E-state index < -0.39 is 48.8 Å². The summed E-state index contributed by atoms with van der Waals surface area (Å²) in [6.07, 6.45) is -1.74. The van der Waals surface area contributed by atoms with E-state index in [0.29, 0.717) is 49.1 Å². The average Bonchev–Trinajstić information content (AvgIpc) is 3.08. The molecule has 6 rings (SSSR count). The van der Waals surface area contributed by atoms with E-state index in [1.54, 1.807) is 12.1 Å². The van der Waals surface area contributed by atoms with E-state index in [1.165, 1.54) is 42.5 Å². The topological polar surface area (TPSA) is 170 Å². The van der Waals surface area contributed by atoms with Gasteiger partial charge in [0.05, 0.1) is 27.2 Å². The van der Waals surface area contributed by atoms with Crippen molar-refractivity contribution in [3.8, 4) is 11.6 Å². The van der Waals surface area contributed by atoms with Crippen LogP contribution in [0.3, 0.4) is 0 Å². The Balaban J connectivity index is 1.25. The number of pyridine rings is 1. The van der Waals surface area contributed by atoms with Gasteiger partial charge in [-0.3, -0.25) is 18.6 Å². The van der Waals surface area contributed by atoms with Gasteiger partial charge < -0.3 is 15.2 Å². The largest absolute Gasteiger partial charge is 0.506 e. The van der Waals surface area contributed by atoms with Crippen molar-refractivity contribution < 1.29 is 45.3 Å². The standard InChI is InChI=1S/C35H32ClF3N4O7S2/c1-3-15-34(16-4-2)25-8-6-5-7-24(25)30(44)29(31(34)45)32-41-27-14-9-21(18-28(27)52(48,49)43-32)42-51(46,47)23-12-10-22(11-13-23)50-33-26(36)17-20(19-40-33)35(37,38)39/h5-14,17-19,42,44,48-49H,3-4,15-16H2,1-2H3,(H,41,43). The van der Waals surface area contributed by atoms with Crippen LogP contribution in [0.15, 0.2) is 98.8 Å². The summed E-state index contributed by atoms with van der Waals surface area (Å²) in [5.74, 6) is -1.23. The molecule has 3 aromatic carbocycles. The maximum absolute atomic E-state index is 14.3. The zero-order valence-electron chi connectivity index (χ0n) is 27.5. The highest BCUT2D eigenvalue weighted by molar-refractivity contribution is 8.23. The maximum atomic E-state index is 14.3. The zero-order chi connectivity index (χ0) is 37.6. The van der Waals surface area contributed by atoms with Gasteiger partial charge in [-0.05, 0) is 66.9 Å². The first-order chi connectivity index (χ1) is 24.5. The third-order valence-corrected chi connectivity index (χ3v) is 11.7. The van der Waals surface area contributed by atoms with Crippen LogP contribution in [0.4, 0.5) is 24.5 Å². The summed E-state index contributed by atoms with van der Waals surface area (Å²) in [6.45, 7) is 3.93. The lowest BCUT2D eigenvalue weighted by atomic mass is 9.63. The van der Waals surface area contributed by atoms with Crippen LogP contribution in [0.1, 0.15) is 56.2 Å². The second kappa shape index (κ2) is 13.7. The molecule has 52 heavy (non-hydrogen) atoms. The lowest BCUT2D eigenvalue weighted by Gasteiger charge is -2.40. The number of fused-ring (bicyclic) bond motifs is 2. The van der Waals surface area contributed by atoms with Gasteiger partial charge >= 0.3 is 6.18 Å². The number of nitrogens with one attached hydrogen (secondary N) is 2. The average molecular weight is 777 g/mol. The van der Waals surface area contributed by atoms with E-state index in [1.807, 2.05) is 26.0 Å². The predicted molar refractivity (Wildman–Crippen MR) is 193 cm³/mol. The number of alkyl halides is 3. The Morgan fingerprint density at radius 3 is 2.31 bits per heavy atom. The van der Waals surface area contributed by atoms with E-state index in [4.69, 9.17) is 16.3 Å². The minimum Gasteiger partial charge on any atom is -0.506 e. The molecule has 5 N–H and O–H groups in total. The molecular weight excluding hydrogens is 745 g/mol. The van der Waals surface area contributed by atoms with Crippen LogP contribution in [-0.2, 0) is 26.4 Å². The van der Waals surface area contributed by atoms with Crippen molar-refractivity contribution >= 4 is 61.2 Å². The van der Waals surface area contributed by atoms with Crippen molar-refractivity contribution in [2.75, 3.05) is 10.0 Å². The highest BCUT2D eigenvalue weighted by Crippen LogP contribution is 2.57. The molecule has 0 amide bonds. The Bertz CT molecular complexity index is 2240. The van der Waals surface area contributed by atoms with Gasteiger partial charge in [0.15, 0.2) is 11.6 Å². The molecule has 11 nitrogen and oxygen atoms in total. The SMILES string of the molecule is CCCC1(CCC)C(=O)C(C2=NS(O)(O)c3cc(NS(=O)(=O)c4ccc(Oc5ncc(C(F)(F)F)cc5Cl)cc4)ccc3N2)=C(O)c2ccccc21. The van der Waals surface area contributed by atoms with Crippen molar-refractivity contribution in [1.82, 2.24) is 4.98 Å². The molecule has 0 radical (unpaired) electrons. The first-order valence-electron chi connectivity index (χ1n) is 15.9. The lowest BCUT2D eigenvalue weighted by Crippen LogP contribution is -2.44. The van der Waals surface area contributed by atoms with Crippen LogP contribution in [0.2, 0.25) is 5.02 Å². The number of amidine groups is 1. The smallest absolute Gasteiger partial charge is 0.417 e. The third kappa shape index (κ3) is 6.84. The van der Waals surface area contributed by atoms with Crippen LogP contribution in [-0.4, -0.2) is 39.2 Å². The Hall–Kier alpha value is -4.61. The number of sulfonamides is 1. The molecule has 1 aliphatic heterocycles. The Morgan fingerprint density at radius 2 is 1.67 bits per heavy atom. The van der Waals surface area contributed by atoms with E-state index in [-0.39, 0.29) is 50.0 Å². The number of anilines is 2. The summed E-state index contributed by atoms with van der Waals surface area (Å²) in [7, 11) is -8.28. The van der Waals surface area contributed by atoms with Crippen LogP contribution >= 0.6 is 22.4 Å². The lowest BCUT2D eigenvalue weighted by molar-refractivity contribution is -0.137. The monoisotopic (exact) mass is 776 g/mol. The number of ketones is 1. The number of nitrogens with zero attached hydrogens (tertiary/aromatic N) is 2. The first kappa shape index (κ1) is 37.2. The van der Waals surface area contributed by atoms with E-state index >= 15 is 0 Å². The molecule has 2 heterocycles. The number of rotatable bonds is 10. The summed E-state index contributed by atoms with van der Waals surface area (Å²) >= 11 is 5.89. The second-order valence-corrected chi connectivity index (χ2v) is 15.9. The molecule has 0 unspecified atom stereocenters. The van der Waals surface area contributed by atoms with E-state index in [2.05, 4.69) is 19.4 Å². The molecule has 2 aliphatic rings. The van der Waals surface area contributed by atoms with E-state index in [0.717, 1.165) is 0 Å². The van der Waals surface area contributed by atoms with Crippen molar-refractivity contribution in [2.45, 2.75) is 60.9 Å². The zero-order valence-corrected chi connectivity index (χ0v) is 29.9. The van der Waals surface area contributed by atoms with Gasteiger partial charge in [-0.1, -0.05) is 73.3 Å². The molecule has 0 saturated carbocycles. The number of carbonyl (C=O) groups is 1. The number of aromatic nitrogens is 1. The quantitative estimate of drug-likeness (QED) is 0.105. The van der Waals surface area contributed by atoms with Crippen LogP contribution < -0.4 is 14.8 Å². The minimum atomic E-state index is -4.65. The van der Waals surface area contributed by atoms with E-state index in [9.17, 15) is 40.6 Å². The van der Waals surface area contributed by atoms with Crippen LogP contribution in [0.25, 0.3) is 5.76 Å². The Kier molecular flexibility index (Phi) is 9.82. The first-order valence-corrected chi connectivity index (χ1v) is 19.3. The molecular formula is C35H32ClF3N4O7S2. The molecule has 0 saturated heterocycles. The molecule has 4 aromatic rings. The van der Waals surface area contributed by atoms with Gasteiger partial charge in [-0.15, -0.1) is 4.40 Å². The molecule has 1 aromatic heterocycles.